The second-order valence-corrected chi connectivity index (χ2v) is 12.0. The minimum absolute atomic E-state index is 0.181. The molecule has 1 heterocycles. The lowest BCUT2D eigenvalue weighted by Gasteiger charge is -2.34. The zero-order valence-corrected chi connectivity index (χ0v) is 25.4. The van der Waals surface area contributed by atoms with E-state index in [1.165, 1.54) is 43.9 Å². The first-order chi connectivity index (χ1) is 20.5. The van der Waals surface area contributed by atoms with Crippen molar-refractivity contribution in [3.8, 4) is 5.75 Å². The van der Waals surface area contributed by atoms with E-state index in [4.69, 9.17) is 4.74 Å². The van der Waals surface area contributed by atoms with E-state index in [0.717, 1.165) is 56.1 Å². The van der Waals surface area contributed by atoms with Crippen LogP contribution in [0.15, 0.2) is 109 Å². The van der Waals surface area contributed by atoms with E-state index in [0.29, 0.717) is 0 Å². The normalized spacial score (nSPS) is 15.1. The van der Waals surface area contributed by atoms with E-state index >= 15 is 0 Å². The van der Waals surface area contributed by atoms with Crippen LogP contribution in [0.25, 0.3) is 21.5 Å². The Hall–Kier alpha value is -4.24. The van der Waals surface area contributed by atoms with E-state index in [-0.39, 0.29) is 5.41 Å². The van der Waals surface area contributed by atoms with Gasteiger partial charge in [0.05, 0.1) is 5.69 Å². The van der Waals surface area contributed by atoms with Crippen molar-refractivity contribution < 1.29 is 4.74 Å². The zero-order chi connectivity index (χ0) is 29.1. The zero-order valence-electron chi connectivity index (χ0n) is 25.4. The van der Waals surface area contributed by atoms with Crippen LogP contribution in [0.5, 0.6) is 5.75 Å². The first kappa shape index (κ1) is 27.9. The Morgan fingerprint density at radius 2 is 1.52 bits per heavy atom. The number of nitrogens with one attached hydrogen (secondary N) is 1. The molecular formula is C39H42N2O. The highest BCUT2D eigenvalue weighted by Crippen LogP contribution is 2.45. The topological polar surface area (TPSA) is 24.5 Å². The quantitative estimate of drug-likeness (QED) is 0.186. The molecule has 1 unspecified atom stereocenters. The van der Waals surface area contributed by atoms with Crippen molar-refractivity contribution in [3.63, 3.8) is 0 Å². The monoisotopic (exact) mass is 554 g/mol. The van der Waals surface area contributed by atoms with Crippen LogP contribution in [0.4, 0.5) is 11.4 Å². The summed E-state index contributed by atoms with van der Waals surface area (Å²) in [6, 6.07) is 35.4. The van der Waals surface area contributed by atoms with Gasteiger partial charge in [-0.2, -0.15) is 0 Å². The lowest BCUT2D eigenvalue weighted by Crippen LogP contribution is -2.28. The Labute approximate surface area is 250 Å². The number of aryl methyl sites for hydroxylation is 1. The molecule has 214 valence electrons. The summed E-state index contributed by atoms with van der Waals surface area (Å²) in [6.45, 7) is 10.9. The smallest absolute Gasteiger partial charge is 0.196 e. The first-order valence-electron chi connectivity index (χ1n) is 15.5. The summed E-state index contributed by atoms with van der Waals surface area (Å²) in [6.07, 6.45) is 6.24. The Bertz CT molecular complexity index is 1740. The molecule has 0 aromatic heterocycles. The molecule has 0 amide bonds. The Morgan fingerprint density at radius 3 is 2.26 bits per heavy atom. The van der Waals surface area contributed by atoms with Gasteiger partial charge in [-0.1, -0.05) is 105 Å². The molecule has 5 aromatic carbocycles. The van der Waals surface area contributed by atoms with Crippen LogP contribution in [0.3, 0.4) is 0 Å². The predicted octanol–water partition coefficient (Wildman–Crippen LogP) is 10.2. The average Bonchev–Trinajstić information content (AvgIpc) is 3.34. The van der Waals surface area contributed by atoms with Crippen molar-refractivity contribution in [3.05, 3.63) is 126 Å². The van der Waals surface area contributed by atoms with Gasteiger partial charge in [-0.05, 0) is 89.6 Å². The molecule has 5 aromatic rings. The number of nitrogens with zero attached hydrogens (tertiary/aromatic N) is 1. The SMILES string of the molecule is CCCNc1ccc2ccccc2c1C(C)(CC=C1Oc2cc3ccccc3cc2N1CCC)Cc1ccc(C)cc1. The maximum Gasteiger partial charge on any atom is 0.196 e. The van der Waals surface area contributed by atoms with Gasteiger partial charge in [-0.3, -0.25) is 0 Å². The molecule has 0 spiro atoms. The molecule has 0 saturated heterocycles. The number of ether oxygens (including phenoxy) is 1. The number of benzene rings is 5. The van der Waals surface area contributed by atoms with Crippen molar-refractivity contribution in [1.82, 2.24) is 0 Å². The number of hydrogen-bond donors (Lipinski definition) is 1. The molecule has 0 bridgehead atoms. The molecule has 1 N–H and O–H groups in total. The molecule has 0 aliphatic carbocycles. The third-order valence-electron chi connectivity index (χ3n) is 8.59. The van der Waals surface area contributed by atoms with E-state index in [2.05, 4.69) is 141 Å². The van der Waals surface area contributed by atoms with Crippen molar-refractivity contribution in [1.29, 1.82) is 0 Å². The predicted molar refractivity (Wildman–Crippen MR) is 180 cm³/mol. The van der Waals surface area contributed by atoms with Crippen LogP contribution < -0.4 is 15.0 Å². The van der Waals surface area contributed by atoms with E-state index < -0.39 is 0 Å². The second-order valence-electron chi connectivity index (χ2n) is 12.0. The van der Waals surface area contributed by atoms with Gasteiger partial charge >= 0.3 is 0 Å². The number of rotatable bonds is 10. The summed E-state index contributed by atoms with van der Waals surface area (Å²) in [5, 5.41) is 8.83. The van der Waals surface area contributed by atoms with Crippen LogP contribution in [0.1, 0.15) is 56.7 Å². The summed E-state index contributed by atoms with van der Waals surface area (Å²) in [5.41, 5.74) is 6.24. The fraction of sp³-hybridized carbons (Fsp3) is 0.282. The highest BCUT2D eigenvalue weighted by molar-refractivity contribution is 5.92. The maximum absolute atomic E-state index is 6.63. The van der Waals surface area contributed by atoms with Crippen LogP contribution in [0, 0.1) is 6.92 Å². The van der Waals surface area contributed by atoms with Crippen molar-refractivity contribution >= 4 is 32.9 Å². The second kappa shape index (κ2) is 11.9. The molecule has 1 atom stereocenters. The summed E-state index contributed by atoms with van der Waals surface area (Å²) < 4.78 is 6.63. The fourth-order valence-electron chi connectivity index (χ4n) is 6.45. The summed E-state index contributed by atoms with van der Waals surface area (Å²) >= 11 is 0. The largest absolute Gasteiger partial charge is 0.439 e. The third kappa shape index (κ3) is 5.48. The number of anilines is 2. The van der Waals surface area contributed by atoms with Crippen molar-refractivity contribution in [2.45, 2.75) is 58.8 Å². The minimum atomic E-state index is -0.181. The van der Waals surface area contributed by atoms with Gasteiger partial charge in [-0.15, -0.1) is 0 Å². The van der Waals surface area contributed by atoms with Gasteiger partial charge < -0.3 is 15.0 Å². The number of fused-ring (bicyclic) bond motifs is 3. The third-order valence-corrected chi connectivity index (χ3v) is 8.59. The number of allylic oxidation sites excluding steroid dienone is 1. The molecule has 3 heteroatoms. The summed E-state index contributed by atoms with van der Waals surface area (Å²) in [4.78, 5) is 2.37. The van der Waals surface area contributed by atoms with E-state index in [9.17, 15) is 0 Å². The van der Waals surface area contributed by atoms with Gasteiger partial charge in [0.2, 0.25) is 0 Å². The number of hydrogen-bond acceptors (Lipinski definition) is 3. The van der Waals surface area contributed by atoms with Crippen LogP contribution in [0.2, 0.25) is 0 Å². The van der Waals surface area contributed by atoms with Crippen molar-refractivity contribution in [2.75, 3.05) is 23.3 Å². The molecule has 6 rings (SSSR count). The Balaban J connectivity index is 1.46. The molecular weight excluding hydrogens is 512 g/mol. The molecule has 42 heavy (non-hydrogen) atoms. The Morgan fingerprint density at radius 1 is 0.810 bits per heavy atom. The van der Waals surface area contributed by atoms with Crippen LogP contribution >= 0.6 is 0 Å². The van der Waals surface area contributed by atoms with Gasteiger partial charge in [0, 0.05) is 24.2 Å². The van der Waals surface area contributed by atoms with E-state index in [1.54, 1.807) is 0 Å². The fourth-order valence-corrected chi connectivity index (χ4v) is 6.45. The molecule has 0 radical (unpaired) electrons. The van der Waals surface area contributed by atoms with Crippen LogP contribution in [-0.2, 0) is 11.8 Å². The Kier molecular flexibility index (Phi) is 7.93. The first-order valence-corrected chi connectivity index (χ1v) is 15.5. The summed E-state index contributed by atoms with van der Waals surface area (Å²) in [5.74, 6) is 1.89. The molecule has 1 aliphatic heterocycles. The highest BCUT2D eigenvalue weighted by atomic mass is 16.5. The van der Waals surface area contributed by atoms with Gasteiger partial charge in [0.25, 0.3) is 0 Å². The highest BCUT2D eigenvalue weighted by Gasteiger charge is 2.33. The summed E-state index contributed by atoms with van der Waals surface area (Å²) in [7, 11) is 0. The average molecular weight is 555 g/mol. The lowest BCUT2D eigenvalue weighted by molar-refractivity contribution is 0.420. The molecule has 1 aliphatic rings. The van der Waals surface area contributed by atoms with Crippen LogP contribution in [-0.4, -0.2) is 13.1 Å². The standard InChI is InChI=1S/C39H42N2O/c1-5-23-40-34-20-19-30-11-9-10-14-33(30)38(34)39(4,27-29-17-15-28(3)16-18-29)22-21-37-41(24-6-2)35-25-31-12-7-8-13-32(31)26-36(35)42-37/h7-21,25-26,40H,5-6,22-24,27H2,1-4H3. The molecule has 3 nitrogen and oxygen atoms in total. The van der Waals surface area contributed by atoms with Crippen molar-refractivity contribution in [2.24, 2.45) is 0 Å². The maximum atomic E-state index is 6.63. The van der Waals surface area contributed by atoms with Gasteiger partial charge in [-0.25, -0.2) is 0 Å². The molecule has 0 saturated carbocycles. The lowest BCUT2D eigenvalue weighted by atomic mass is 9.72. The van der Waals surface area contributed by atoms with Gasteiger partial charge in [0.1, 0.15) is 0 Å². The molecule has 0 fully saturated rings. The van der Waals surface area contributed by atoms with E-state index in [1.807, 2.05) is 0 Å². The minimum Gasteiger partial charge on any atom is -0.439 e. The van der Waals surface area contributed by atoms with Gasteiger partial charge in [0.15, 0.2) is 11.6 Å².